The van der Waals surface area contributed by atoms with Crippen molar-refractivity contribution in [1.82, 2.24) is 0 Å². The highest BCUT2D eigenvalue weighted by Crippen LogP contribution is 2.30. The zero-order valence-electron chi connectivity index (χ0n) is 9.95. The van der Waals surface area contributed by atoms with Crippen LogP contribution in [-0.4, -0.2) is 11.1 Å². The number of benzene rings is 2. The maximum absolute atomic E-state index is 13.3. The number of amides is 2. The molecule has 0 bridgehead atoms. The summed E-state index contributed by atoms with van der Waals surface area (Å²) in [5, 5.41) is 14.5. The number of aromatic hydroxyl groups is 1. The fourth-order valence-electron chi connectivity index (χ4n) is 1.50. The van der Waals surface area contributed by atoms with E-state index < -0.39 is 17.6 Å². The molecule has 20 heavy (non-hydrogen) atoms. The van der Waals surface area contributed by atoms with Gasteiger partial charge in [-0.3, -0.25) is 0 Å². The molecule has 104 valence electrons. The van der Waals surface area contributed by atoms with Crippen LogP contribution in [0, 0.1) is 5.82 Å². The summed E-state index contributed by atoms with van der Waals surface area (Å²) >= 11 is 6.37. The van der Waals surface area contributed by atoms with E-state index in [1.165, 1.54) is 6.07 Å². The van der Waals surface area contributed by atoms with Crippen molar-refractivity contribution in [2.75, 3.05) is 10.6 Å². The largest absolute Gasteiger partial charge is 0.503 e. The smallest absolute Gasteiger partial charge is 0.323 e. The fraction of sp³-hybridized carbons (Fsp3) is 0. The second kappa shape index (κ2) is 6.23. The zero-order chi connectivity index (χ0) is 14.7. The summed E-state index contributed by atoms with van der Waals surface area (Å²) in [6, 6.07) is 8.95. The molecule has 0 aromatic heterocycles. The van der Waals surface area contributed by atoms with Crippen LogP contribution >= 0.6 is 31.9 Å². The van der Waals surface area contributed by atoms with Gasteiger partial charge in [0.2, 0.25) is 0 Å². The first-order valence-electron chi connectivity index (χ1n) is 5.48. The summed E-state index contributed by atoms with van der Waals surface area (Å²) in [5.41, 5.74) is 0.529. The Kier molecular flexibility index (Phi) is 4.61. The third kappa shape index (κ3) is 3.49. The zero-order valence-corrected chi connectivity index (χ0v) is 13.1. The molecule has 0 aliphatic heterocycles. The topological polar surface area (TPSA) is 61.4 Å². The summed E-state index contributed by atoms with van der Waals surface area (Å²) in [4.78, 5) is 11.8. The number of rotatable bonds is 2. The molecule has 0 saturated heterocycles. The molecule has 7 heteroatoms. The average Bonchev–Trinajstić information content (AvgIpc) is 2.38. The third-order valence-corrected chi connectivity index (χ3v) is 3.55. The molecule has 2 amide bonds. The molecule has 0 aliphatic carbocycles. The number of anilines is 2. The molecule has 2 aromatic rings. The lowest BCUT2D eigenvalue weighted by Crippen LogP contribution is -2.19. The first-order chi connectivity index (χ1) is 9.47. The van der Waals surface area contributed by atoms with Gasteiger partial charge in [-0.25, -0.2) is 9.18 Å². The Bertz CT molecular complexity index is 665. The molecule has 0 aliphatic rings. The highest BCUT2D eigenvalue weighted by Gasteiger charge is 2.12. The number of phenolic OH excluding ortho intramolecular Hbond substituents is 1. The number of halogens is 3. The lowest BCUT2D eigenvalue weighted by Gasteiger charge is -2.11. The van der Waals surface area contributed by atoms with Gasteiger partial charge in [-0.15, -0.1) is 0 Å². The van der Waals surface area contributed by atoms with Gasteiger partial charge in [-0.2, -0.15) is 0 Å². The Hall–Kier alpha value is -1.60. The van der Waals surface area contributed by atoms with Crippen molar-refractivity contribution in [3.05, 3.63) is 51.2 Å². The van der Waals surface area contributed by atoms with Crippen LogP contribution in [0.2, 0.25) is 0 Å². The van der Waals surface area contributed by atoms with Crippen LogP contribution in [0.15, 0.2) is 45.3 Å². The molecule has 4 nitrogen and oxygen atoms in total. The molecule has 0 heterocycles. The summed E-state index contributed by atoms with van der Waals surface area (Å²) in [6.45, 7) is 0. The number of carbonyl (C=O) groups excluding carboxylic acids is 1. The predicted octanol–water partition coefficient (Wildman–Crippen LogP) is 4.70. The minimum absolute atomic E-state index is 0.0265. The normalized spacial score (nSPS) is 10.2. The third-order valence-electron chi connectivity index (χ3n) is 2.40. The van der Waals surface area contributed by atoms with Crippen LogP contribution in [0.1, 0.15) is 0 Å². The summed E-state index contributed by atoms with van der Waals surface area (Å²) in [7, 11) is 0. The Labute approximate surface area is 131 Å². The molecule has 0 spiro atoms. The fourth-order valence-corrected chi connectivity index (χ4v) is 2.31. The van der Waals surface area contributed by atoms with Crippen LogP contribution < -0.4 is 10.6 Å². The maximum Gasteiger partial charge on any atom is 0.323 e. The van der Waals surface area contributed by atoms with Crippen molar-refractivity contribution in [1.29, 1.82) is 0 Å². The molecule has 0 radical (unpaired) electrons. The van der Waals surface area contributed by atoms with E-state index in [4.69, 9.17) is 0 Å². The van der Waals surface area contributed by atoms with E-state index in [9.17, 15) is 14.3 Å². The molecule has 0 unspecified atom stereocenters. The quantitative estimate of drug-likeness (QED) is 0.636. The van der Waals surface area contributed by atoms with E-state index >= 15 is 0 Å². The van der Waals surface area contributed by atoms with Gasteiger partial charge in [-0.1, -0.05) is 28.1 Å². The Morgan fingerprint density at radius 1 is 1.10 bits per heavy atom. The minimum Gasteiger partial charge on any atom is -0.503 e. The Morgan fingerprint density at radius 2 is 1.75 bits per heavy atom. The Balaban J connectivity index is 2.15. The molecule has 0 fully saturated rings. The Morgan fingerprint density at radius 3 is 2.45 bits per heavy atom. The molecule has 2 rings (SSSR count). The van der Waals surface area contributed by atoms with Gasteiger partial charge in [-0.05, 0) is 40.2 Å². The molecular formula is C13H9Br2FN2O2. The predicted molar refractivity (Wildman–Crippen MR) is 82.5 cm³/mol. The molecule has 2 aromatic carbocycles. The lowest BCUT2D eigenvalue weighted by molar-refractivity contribution is 0.262. The number of hydrogen-bond donors (Lipinski definition) is 3. The first kappa shape index (κ1) is 14.8. The number of urea groups is 1. The molecule has 0 saturated carbocycles. The summed E-state index contributed by atoms with van der Waals surface area (Å²) in [5.74, 6) is -1.44. The number of nitrogens with one attached hydrogen (secondary N) is 2. The summed E-state index contributed by atoms with van der Waals surface area (Å²) < 4.78 is 14.4. The number of para-hydroxylation sites is 1. The van der Waals surface area contributed by atoms with Crippen molar-refractivity contribution < 1.29 is 14.3 Å². The first-order valence-corrected chi connectivity index (χ1v) is 7.06. The highest BCUT2D eigenvalue weighted by molar-refractivity contribution is 9.10. The van der Waals surface area contributed by atoms with E-state index in [2.05, 4.69) is 42.5 Å². The van der Waals surface area contributed by atoms with Crippen molar-refractivity contribution >= 4 is 49.3 Å². The van der Waals surface area contributed by atoms with E-state index in [1.807, 2.05) is 6.07 Å². The van der Waals surface area contributed by atoms with E-state index in [0.29, 0.717) is 14.6 Å². The number of hydrogen-bond acceptors (Lipinski definition) is 2. The van der Waals surface area contributed by atoms with Gasteiger partial charge in [0.1, 0.15) is 0 Å². The van der Waals surface area contributed by atoms with Crippen molar-refractivity contribution in [2.45, 2.75) is 0 Å². The van der Waals surface area contributed by atoms with Crippen LogP contribution in [0.4, 0.5) is 20.6 Å². The average molecular weight is 404 g/mol. The van der Waals surface area contributed by atoms with E-state index in [-0.39, 0.29) is 5.69 Å². The monoisotopic (exact) mass is 402 g/mol. The highest BCUT2D eigenvalue weighted by atomic mass is 79.9. The maximum atomic E-state index is 13.3. The van der Waals surface area contributed by atoms with E-state index in [1.54, 1.807) is 18.2 Å². The van der Waals surface area contributed by atoms with Gasteiger partial charge >= 0.3 is 6.03 Å². The van der Waals surface area contributed by atoms with Crippen LogP contribution in [0.25, 0.3) is 0 Å². The molecule has 0 atom stereocenters. The SMILES string of the molecule is O=C(Nc1ccccc1Br)Nc1cc(Br)cc(F)c1O. The van der Waals surface area contributed by atoms with Gasteiger partial charge in [0.25, 0.3) is 0 Å². The standard InChI is InChI=1S/C13H9Br2FN2O2/c14-7-5-9(16)12(19)11(6-7)18-13(20)17-10-4-2-1-3-8(10)15/h1-6,19H,(H2,17,18,20). The van der Waals surface area contributed by atoms with Gasteiger partial charge < -0.3 is 15.7 Å². The van der Waals surface area contributed by atoms with Crippen molar-refractivity contribution in [2.24, 2.45) is 0 Å². The molecular weight excluding hydrogens is 395 g/mol. The lowest BCUT2D eigenvalue weighted by atomic mass is 10.3. The molecule has 3 N–H and O–H groups in total. The second-order valence-electron chi connectivity index (χ2n) is 3.84. The minimum atomic E-state index is -0.824. The second-order valence-corrected chi connectivity index (χ2v) is 5.61. The van der Waals surface area contributed by atoms with Gasteiger partial charge in [0, 0.05) is 8.95 Å². The van der Waals surface area contributed by atoms with Crippen LogP contribution in [0.3, 0.4) is 0 Å². The number of phenols is 1. The van der Waals surface area contributed by atoms with Gasteiger partial charge in [0.15, 0.2) is 11.6 Å². The van der Waals surface area contributed by atoms with E-state index in [0.717, 1.165) is 6.07 Å². The van der Waals surface area contributed by atoms with Crippen molar-refractivity contribution in [3.63, 3.8) is 0 Å². The van der Waals surface area contributed by atoms with Crippen LogP contribution in [-0.2, 0) is 0 Å². The summed E-state index contributed by atoms with van der Waals surface area (Å²) in [6.07, 6.45) is 0. The van der Waals surface area contributed by atoms with Crippen molar-refractivity contribution in [3.8, 4) is 5.75 Å². The number of carbonyl (C=O) groups is 1. The van der Waals surface area contributed by atoms with Gasteiger partial charge in [0.05, 0.1) is 11.4 Å². The van der Waals surface area contributed by atoms with Crippen LogP contribution in [0.5, 0.6) is 5.75 Å².